The Bertz CT molecular complexity index is 519. The Labute approximate surface area is 102 Å². The fourth-order valence-corrected chi connectivity index (χ4v) is 1.78. The second kappa shape index (κ2) is 4.33. The van der Waals surface area contributed by atoms with E-state index in [1.54, 1.807) is 0 Å². The molecule has 1 atom stereocenters. The van der Waals surface area contributed by atoms with E-state index in [-0.39, 0.29) is 30.6 Å². The zero-order valence-corrected chi connectivity index (χ0v) is 9.24. The van der Waals surface area contributed by atoms with Crippen molar-refractivity contribution >= 4 is 11.7 Å². The Balaban J connectivity index is 2.30. The number of anilines is 1. The van der Waals surface area contributed by atoms with Crippen molar-refractivity contribution in [1.29, 1.82) is 0 Å². The zero-order chi connectivity index (χ0) is 13.3. The Hall–Kier alpha value is -2.03. The lowest BCUT2D eigenvalue weighted by atomic mass is 10.1. The molecule has 3 nitrogen and oxygen atoms in total. The minimum Gasteiger partial charge on any atom is -0.296 e. The van der Waals surface area contributed by atoms with E-state index in [2.05, 4.69) is 10.9 Å². The third-order valence-corrected chi connectivity index (χ3v) is 2.71. The largest absolute Gasteiger partial charge is 0.416 e. The molecule has 94 valence electrons. The average molecular weight is 254 g/mol. The lowest BCUT2D eigenvalue weighted by Crippen LogP contribution is -2.25. The average Bonchev–Trinajstić information content (AvgIpc) is 2.70. The van der Waals surface area contributed by atoms with Crippen LogP contribution in [0, 0.1) is 18.3 Å². The predicted octanol–water partition coefficient (Wildman–Crippen LogP) is 2.09. The number of amides is 1. The van der Waals surface area contributed by atoms with Gasteiger partial charge in [-0.2, -0.15) is 13.2 Å². The van der Waals surface area contributed by atoms with Crippen LogP contribution in [-0.4, -0.2) is 17.4 Å². The highest BCUT2D eigenvalue weighted by Gasteiger charge is 2.34. The highest BCUT2D eigenvalue weighted by Crippen LogP contribution is 2.32. The molecule has 0 aromatic carbocycles. The molecule has 0 spiro atoms. The van der Waals surface area contributed by atoms with Gasteiger partial charge in [-0.15, -0.1) is 12.3 Å². The highest BCUT2D eigenvalue weighted by molar-refractivity contribution is 5.95. The van der Waals surface area contributed by atoms with Gasteiger partial charge in [0.1, 0.15) is 5.82 Å². The second-order valence-electron chi connectivity index (χ2n) is 3.97. The van der Waals surface area contributed by atoms with Crippen molar-refractivity contribution in [1.82, 2.24) is 4.98 Å². The SMILES string of the molecule is C#CC1CC(=O)N(c2cc(C(F)(F)F)ccn2)C1. The molecule has 1 aliphatic heterocycles. The van der Waals surface area contributed by atoms with Crippen molar-refractivity contribution < 1.29 is 18.0 Å². The van der Waals surface area contributed by atoms with Crippen LogP contribution in [0.2, 0.25) is 0 Å². The van der Waals surface area contributed by atoms with Crippen molar-refractivity contribution in [2.45, 2.75) is 12.6 Å². The van der Waals surface area contributed by atoms with E-state index in [0.29, 0.717) is 0 Å². The summed E-state index contributed by atoms with van der Waals surface area (Å²) in [5.41, 5.74) is -0.829. The number of hydrogen-bond donors (Lipinski definition) is 0. The normalized spacial score (nSPS) is 20.0. The third kappa shape index (κ3) is 2.30. The fraction of sp³-hybridized carbons (Fsp3) is 0.333. The maximum atomic E-state index is 12.5. The van der Waals surface area contributed by atoms with Crippen LogP contribution in [0.3, 0.4) is 0 Å². The number of aromatic nitrogens is 1. The van der Waals surface area contributed by atoms with E-state index in [1.165, 1.54) is 4.90 Å². The van der Waals surface area contributed by atoms with Gasteiger partial charge in [-0.25, -0.2) is 4.98 Å². The summed E-state index contributed by atoms with van der Waals surface area (Å²) in [6, 6.07) is 1.72. The first-order valence-corrected chi connectivity index (χ1v) is 5.21. The number of carbonyl (C=O) groups is 1. The number of nitrogens with zero attached hydrogens (tertiary/aromatic N) is 2. The Kier molecular flexibility index (Phi) is 2.99. The van der Waals surface area contributed by atoms with Gasteiger partial charge in [0, 0.05) is 25.1 Å². The summed E-state index contributed by atoms with van der Waals surface area (Å²) in [5, 5.41) is 0. The number of carbonyl (C=O) groups excluding carboxylic acids is 1. The van der Waals surface area contributed by atoms with Crippen LogP contribution >= 0.6 is 0 Å². The van der Waals surface area contributed by atoms with Crippen LogP contribution in [0.4, 0.5) is 19.0 Å². The highest BCUT2D eigenvalue weighted by atomic mass is 19.4. The standard InChI is InChI=1S/C12H9F3N2O/c1-2-8-5-11(18)17(7-8)10-6-9(3-4-16-10)12(13,14)15/h1,3-4,6,8H,5,7H2. The molecule has 1 saturated heterocycles. The number of hydrogen-bond acceptors (Lipinski definition) is 2. The molecule has 1 aromatic rings. The molecule has 1 aliphatic rings. The number of halogens is 3. The van der Waals surface area contributed by atoms with Crippen LogP contribution in [0.1, 0.15) is 12.0 Å². The lowest BCUT2D eigenvalue weighted by molar-refractivity contribution is -0.137. The summed E-state index contributed by atoms with van der Waals surface area (Å²) < 4.78 is 37.6. The van der Waals surface area contributed by atoms with Gasteiger partial charge in [-0.05, 0) is 12.1 Å². The smallest absolute Gasteiger partial charge is 0.296 e. The van der Waals surface area contributed by atoms with Crippen LogP contribution in [0.15, 0.2) is 18.3 Å². The van der Waals surface area contributed by atoms with Gasteiger partial charge < -0.3 is 0 Å². The van der Waals surface area contributed by atoms with Crippen LogP contribution in [0.25, 0.3) is 0 Å². The summed E-state index contributed by atoms with van der Waals surface area (Å²) in [5.74, 6) is 1.85. The topological polar surface area (TPSA) is 33.2 Å². The van der Waals surface area contributed by atoms with Gasteiger partial charge in [0.15, 0.2) is 0 Å². The molecule has 1 fully saturated rings. The molecule has 0 N–H and O–H groups in total. The molecule has 18 heavy (non-hydrogen) atoms. The molecule has 0 saturated carbocycles. The molecule has 2 heterocycles. The van der Waals surface area contributed by atoms with Crippen molar-refractivity contribution in [2.75, 3.05) is 11.4 Å². The number of pyridine rings is 1. The van der Waals surface area contributed by atoms with Crippen molar-refractivity contribution in [3.8, 4) is 12.3 Å². The second-order valence-corrected chi connectivity index (χ2v) is 3.97. The number of rotatable bonds is 1. The molecule has 1 aromatic heterocycles. The summed E-state index contributed by atoms with van der Waals surface area (Å²) in [6.45, 7) is 0.212. The number of alkyl halides is 3. The molecule has 1 unspecified atom stereocenters. The zero-order valence-electron chi connectivity index (χ0n) is 9.24. The van der Waals surface area contributed by atoms with Crippen LogP contribution in [0.5, 0.6) is 0 Å². The minimum atomic E-state index is -4.45. The van der Waals surface area contributed by atoms with Gasteiger partial charge in [-0.1, -0.05) is 0 Å². The van der Waals surface area contributed by atoms with Crippen LogP contribution in [-0.2, 0) is 11.0 Å². The molecular formula is C12H9F3N2O. The van der Waals surface area contributed by atoms with Gasteiger partial charge in [0.2, 0.25) is 5.91 Å². The molecule has 0 bridgehead atoms. The van der Waals surface area contributed by atoms with E-state index in [0.717, 1.165) is 18.3 Å². The van der Waals surface area contributed by atoms with Crippen LogP contribution < -0.4 is 4.90 Å². The first-order valence-electron chi connectivity index (χ1n) is 5.21. The van der Waals surface area contributed by atoms with E-state index in [9.17, 15) is 18.0 Å². The van der Waals surface area contributed by atoms with Gasteiger partial charge in [-0.3, -0.25) is 9.69 Å². The monoisotopic (exact) mass is 254 g/mol. The first-order chi connectivity index (χ1) is 8.41. The van der Waals surface area contributed by atoms with Gasteiger partial charge in [0.05, 0.1) is 5.56 Å². The first kappa shape index (κ1) is 12.4. The Morgan fingerprint density at radius 2 is 2.22 bits per heavy atom. The fourth-order valence-electron chi connectivity index (χ4n) is 1.78. The molecule has 2 rings (SSSR count). The molecular weight excluding hydrogens is 245 g/mol. The summed E-state index contributed by atoms with van der Waals surface area (Å²) in [6.07, 6.45) is 1.94. The van der Waals surface area contributed by atoms with Gasteiger partial charge >= 0.3 is 6.18 Å². The summed E-state index contributed by atoms with van der Waals surface area (Å²) in [7, 11) is 0. The van der Waals surface area contributed by atoms with E-state index >= 15 is 0 Å². The summed E-state index contributed by atoms with van der Waals surface area (Å²) in [4.78, 5) is 16.6. The summed E-state index contributed by atoms with van der Waals surface area (Å²) >= 11 is 0. The number of terminal acetylenes is 1. The maximum Gasteiger partial charge on any atom is 0.416 e. The van der Waals surface area contributed by atoms with E-state index in [4.69, 9.17) is 6.42 Å². The molecule has 0 radical (unpaired) electrons. The van der Waals surface area contributed by atoms with Crippen molar-refractivity contribution in [3.05, 3.63) is 23.9 Å². The third-order valence-electron chi connectivity index (χ3n) is 2.71. The Morgan fingerprint density at radius 1 is 1.50 bits per heavy atom. The van der Waals surface area contributed by atoms with E-state index in [1.807, 2.05) is 0 Å². The molecule has 1 amide bonds. The van der Waals surface area contributed by atoms with Crippen molar-refractivity contribution in [3.63, 3.8) is 0 Å². The molecule has 0 aliphatic carbocycles. The predicted molar refractivity (Wildman–Crippen MR) is 58.5 cm³/mol. The van der Waals surface area contributed by atoms with E-state index < -0.39 is 11.7 Å². The van der Waals surface area contributed by atoms with Crippen molar-refractivity contribution in [2.24, 2.45) is 5.92 Å². The molecule has 6 heteroatoms. The lowest BCUT2D eigenvalue weighted by Gasteiger charge is -2.16. The quantitative estimate of drug-likeness (QED) is 0.719. The van der Waals surface area contributed by atoms with Gasteiger partial charge in [0.25, 0.3) is 0 Å². The Morgan fingerprint density at radius 3 is 2.78 bits per heavy atom. The minimum absolute atomic E-state index is 0.00687. The maximum absolute atomic E-state index is 12.5.